The smallest absolute Gasteiger partial charge is 0.329 e. The number of likely N-dealkylation sites (tertiary alicyclic amines) is 1. The first-order valence-electron chi connectivity index (χ1n) is 10.5. The topological polar surface area (TPSA) is 70.4 Å². The predicted octanol–water partition coefficient (Wildman–Crippen LogP) is 4.03. The van der Waals surface area contributed by atoms with Gasteiger partial charge in [0.25, 0.3) is 0 Å². The normalized spacial score (nSPS) is 27.0. The molecule has 3 aromatic rings. The first kappa shape index (κ1) is 19.5. The molecule has 0 radical (unpaired) electrons. The van der Waals surface area contributed by atoms with E-state index in [1.807, 2.05) is 72.6 Å². The Morgan fingerprint density at radius 1 is 1.13 bits per heavy atom. The summed E-state index contributed by atoms with van der Waals surface area (Å²) in [5.41, 5.74) is -1.06. The largest absolute Gasteiger partial charge is 0.465 e. The van der Waals surface area contributed by atoms with E-state index in [4.69, 9.17) is 4.74 Å². The molecule has 1 aliphatic heterocycles. The van der Waals surface area contributed by atoms with Crippen LogP contribution in [0.25, 0.3) is 10.8 Å². The Labute approximate surface area is 180 Å². The fourth-order valence-corrected chi connectivity index (χ4v) is 5.80. The van der Waals surface area contributed by atoms with Crippen LogP contribution in [0.2, 0.25) is 0 Å². The van der Waals surface area contributed by atoms with E-state index in [2.05, 4.69) is 6.07 Å². The number of rotatable bonds is 3. The van der Waals surface area contributed by atoms with Crippen molar-refractivity contribution in [3.05, 3.63) is 83.4 Å². The molecule has 1 spiro atoms. The SMILES string of the molecule is CCOC(=O)C1(C#N)C(c2ccccc2)CN(C)C12C(=O)c1cccc3cccc2c13. The van der Waals surface area contributed by atoms with Crippen molar-refractivity contribution in [2.75, 3.05) is 20.2 Å². The fourth-order valence-electron chi connectivity index (χ4n) is 5.80. The average Bonchev–Trinajstić information content (AvgIpc) is 3.22. The van der Waals surface area contributed by atoms with Gasteiger partial charge in [-0.3, -0.25) is 14.5 Å². The van der Waals surface area contributed by atoms with Crippen molar-refractivity contribution in [2.24, 2.45) is 5.41 Å². The highest BCUT2D eigenvalue weighted by molar-refractivity contribution is 6.22. The third-order valence-electron chi connectivity index (χ3n) is 6.97. The number of nitrogens with zero attached hydrogens (tertiary/aromatic N) is 2. The molecule has 5 heteroatoms. The van der Waals surface area contributed by atoms with Gasteiger partial charge in [0, 0.05) is 18.0 Å². The highest BCUT2D eigenvalue weighted by atomic mass is 16.5. The number of esters is 1. The Morgan fingerprint density at radius 2 is 1.84 bits per heavy atom. The van der Waals surface area contributed by atoms with Gasteiger partial charge in [0.05, 0.1) is 12.7 Å². The van der Waals surface area contributed by atoms with Gasteiger partial charge in [0.1, 0.15) is 5.54 Å². The highest BCUT2D eigenvalue weighted by Gasteiger charge is 2.75. The molecule has 0 bridgehead atoms. The number of carbonyl (C=O) groups excluding carboxylic acids is 2. The van der Waals surface area contributed by atoms with Crippen molar-refractivity contribution in [3.8, 4) is 6.07 Å². The van der Waals surface area contributed by atoms with Crippen molar-refractivity contribution >= 4 is 22.5 Å². The molecule has 0 saturated carbocycles. The third-order valence-corrected chi connectivity index (χ3v) is 6.97. The van der Waals surface area contributed by atoms with Crippen LogP contribution in [-0.2, 0) is 15.1 Å². The molecule has 1 saturated heterocycles. The summed E-state index contributed by atoms with van der Waals surface area (Å²) >= 11 is 0. The molecule has 3 atom stereocenters. The fraction of sp³-hybridized carbons (Fsp3) is 0.269. The third kappa shape index (κ3) is 2.18. The van der Waals surface area contributed by atoms with Crippen LogP contribution in [-0.4, -0.2) is 36.9 Å². The van der Waals surface area contributed by atoms with E-state index in [1.54, 1.807) is 13.0 Å². The minimum atomic E-state index is -1.72. The maximum Gasteiger partial charge on any atom is 0.329 e. The number of hydrogen-bond acceptors (Lipinski definition) is 5. The molecule has 2 aliphatic rings. The molecule has 31 heavy (non-hydrogen) atoms. The van der Waals surface area contributed by atoms with E-state index in [-0.39, 0.29) is 12.4 Å². The summed E-state index contributed by atoms with van der Waals surface area (Å²) in [5, 5.41) is 12.5. The van der Waals surface area contributed by atoms with Gasteiger partial charge in [-0.2, -0.15) is 5.26 Å². The zero-order valence-corrected chi connectivity index (χ0v) is 17.5. The van der Waals surface area contributed by atoms with Crippen LogP contribution in [0.5, 0.6) is 0 Å². The second kappa shape index (κ2) is 6.76. The number of Topliss-reactive ketones (excluding diaryl/α,β-unsaturated/α-hetero) is 1. The summed E-state index contributed by atoms with van der Waals surface area (Å²) in [5.74, 6) is -1.38. The van der Waals surface area contributed by atoms with Gasteiger partial charge in [-0.25, -0.2) is 0 Å². The van der Waals surface area contributed by atoms with Crippen molar-refractivity contribution in [2.45, 2.75) is 18.4 Å². The number of ketones is 1. The van der Waals surface area contributed by atoms with Gasteiger partial charge >= 0.3 is 5.97 Å². The quantitative estimate of drug-likeness (QED) is 0.610. The average molecular weight is 410 g/mol. The molecule has 3 unspecified atom stereocenters. The van der Waals surface area contributed by atoms with Gasteiger partial charge < -0.3 is 4.74 Å². The van der Waals surface area contributed by atoms with E-state index < -0.39 is 22.8 Å². The number of fused-ring (bicyclic) bond motifs is 1. The summed E-state index contributed by atoms with van der Waals surface area (Å²) in [6.07, 6.45) is 0. The van der Waals surface area contributed by atoms with Gasteiger partial charge in [-0.1, -0.05) is 66.7 Å². The summed E-state index contributed by atoms with van der Waals surface area (Å²) < 4.78 is 5.51. The number of carbonyl (C=O) groups is 2. The number of benzene rings is 3. The van der Waals surface area contributed by atoms with E-state index in [0.717, 1.165) is 16.3 Å². The van der Waals surface area contributed by atoms with Crippen LogP contribution in [0.15, 0.2) is 66.7 Å². The second-order valence-corrected chi connectivity index (χ2v) is 8.23. The van der Waals surface area contributed by atoms with Crippen LogP contribution in [0.1, 0.15) is 34.3 Å². The molecule has 5 rings (SSSR count). The van der Waals surface area contributed by atoms with Crippen LogP contribution >= 0.6 is 0 Å². The molecule has 1 aliphatic carbocycles. The lowest BCUT2D eigenvalue weighted by Gasteiger charge is -2.41. The molecule has 3 aromatic carbocycles. The predicted molar refractivity (Wildman–Crippen MR) is 116 cm³/mol. The van der Waals surface area contributed by atoms with Crippen LogP contribution in [0.4, 0.5) is 0 Å². The van der Waals surface area contributed by atoms with Gasteiger partial charge in [-0.05, 0) is 35.9 Å². The summed E-state index contributed by atoms with van der Waals surface area (Å²) in [6, 6.07) is 23.2. The Morgan fingerprint density at radius 3 is 2.52 bits per heavy atom. The Balaban J connectivity index is 1.89. The zero-order valence-electron chi connectivity index (χ0n) is 17.5. The Hall–Kier alpha value is -3.49. The van der Waals surface area contributed by atoms with E-state index in [9.17, 15) is 14.9 Å². The molecule has 5 nitrogen and oxygen atoms in total. The molecule has 1 fully saturated rings. The first-order chi connectivity index (χ1) is 15.0. The van der Waals surface area contributed by atoms with E-state index in [0.29, 0.717) is 17.7 Å². The Kier molecular flexibility index (Phi) is 4.25. The summed E-state index contributed by atoms with van der Waals surface area (Å²) in [4.78, 5) is 29.7. The van der Waals surface area contributed by atoms with Crippen molar-refractivity contribution in [3.63, 3.8) is 0 Å². The molecular weight excluding hydrogens is 388 g/mol. The number of likely N-dealkylation sites (N-methyl/N-ethyl adjacent to an activating group) is 1. The Bertz CT molecular complexity index is 1260. The number of hydrogen-bond donors (Lipinski definition) is 0. The maximum atomic E-state index is 14.2. The van der Waals surface area contributed by atoms with Crippen molar-refractivity contribution < 1.29 is 14.3 Å². The van der Waals surface area contributed by atoms with Crippen LogP contribution < -0.4 is 0 Å². The summed E-state index contributed by atoms with van der Waals surface area (Å²) in [7, 11) is 1.83. The number of ether oxygens (including phenoxy) is 1. The lowest BCUT2D eigenvalue weighted by molar-refractivity contribution is -0.156. The zero-order chi connectivity index (χ0) is 21.8. The van der Waals surface area contributed by atoms with Crippen molar-refractivity contribution in [1.29, 1.82) is 5.26 Å². The lowest BCUT2D eigenvalue weighted by Crippen LogP contribution is -2.58. The van der Waals surface area contributed by atoms with E-state index in [1.165, 1.54) is 0 Å². The molecule has 0 amide bonds. The standard InChI is InChI=1S/C26H22N2O3/c1-3-31-24(30)25(16-27)21(17-9-5-4-6-10-17)15-28(2)26(25)20-14-8-12-18-11-7-13-19(22(18)20)23(26)29/h4-14,21H,3,15H2,1-2H3. The minimum absolute atomic E-state index is 0.134. The highest BCUT2D eigenvalue weighted by Crippen LogP contribution is 2.63. The van der Waals surface area contributed by atoms with Crippen molar-refractivity contribution in [1.82, 2.24) is 4.90 Å². The minimum Gasteiger partial charge on any atom is -0.465 e. The lowest BCUT2D eigenvalue weighted by atomic mass is 9.61. The number of nitriles is 1. The molecule has 0 aromatic heterocycles. The van der Waals surface area contributed by atoms with Gasteiger partial charge in [0.15, 0.2) is 11.2 Å². The molecular formula is C26H22N2O3. The monoisotopic (exact) mass is 410 g/mol. The molecule has 0 N–H and O–H groups in total. The molecule has 1 heterocycles. The van der Waals surface area contributed by atoms with Crippen LogP contribution in [0.3, 0.4) is 0 Å². The van der Waals surface area contributed by atoms with Gasteiger partial charge in [0.2, 0.25) is 0 Å². The van der Waals surface area contributed by atoms with E-state index >= 15 is 0 Å². The maximum absolute atomic E-state index is 14.2. The second-order valence-electron chi connectivity index (χ2n) is 8.23. The molecule has 154 valence electrons. The van der Waals surface area contributed by atoms with Crippen LogP contribution in [0, 0.1) is 16.7 Å². The summed E-state index contributed by atoms with van der Waals surface area (Å²) in [6.45, 7) is 2.24. The van der Waals surface area contributed by atoms with Gasteiger partial charge in [-0.15, -0.1) is 0 Å². The first-order valence-corrected chi connectivity index (χ1v) is 10.5.